The molecule has 0 bridgehead atoms. The number of nitrogen functional groups attached to an aromatic ring is 3. The first kappa shape index (κ1) is 14.9. The molecule has 7 nitrogen and oxygen atoms in total. The lowest BCUT2D eigenvalue weighted by molar-refractivity contribution is -0.113. The highest BCUT2D eigenvalue weighted by atomic mass is 32.2. The zero-order valence-corrected chi connectivity index (χ0v) is 12.3. The molecule has 0 unspecified atom stereocenters. The first-order valence-corrected chi connectivity index (χ1v) is 7.11. The summed E-state index contributed by atoms with van der Waals surface area (Å²) >= 11 is 1.16. The van der Waals surface area contributed by atoms with Gasteiger partial charge in [0.25, 0.3) is 0 Å². The molecule has 8 heteroatoms. The number of nitrogens with zero attached hydrogens (tertiary/aromatic N) is 2. The molecule has 0 saturated carbocycles. The maximum Gasteiger partial charge on any atom is 0.234 e. The van der Waals surface area contributed by atoms with E-state index in [1.807, 2.05) is 13.0 Å². The zero-order chi connectivity index (χ0) is 15.4. The molecule has 0 aliphatic rings. The molecular formula is C13H16N6OS. The van der Waals surface area contributed by atoms with E-state index in [-0.39, 0.29) is 23.3 Å². The molecule has 2 rings (SSSR count). The van der Waals surface area contributed by atoms with E-state index in [1.54, 1.807) is 12.1 Å². The molecule has 7 N–H and O–H groups in total. The molecule has 1 amide bonds. The van der Waals surface area contributed by atoms with Gasteiger partial charge in [0, 0.05) is 17.4 Å². The Kier molecular flexibility index (Phi) is 4.49. The lowest BCUT2D eigenvalue weighted by atomic mass is 10.2. The first-order valence-electron chi connectivity index (χ1n) is 6.13. The zero-order valence-electron chi connectivity index (χ0n) is 11.5. The fraction of sp³-hybridized carbons (Fsp3) is 0.154. The molecule has 0 fully saturated rings. The topological polar surface area (TPSA) is 133 Å². The summed E-state index contributed by atoms with van der Waals surface area (Å²) in [6, 6.07) is 6.81. The molecule has 1 aromatic heterocycles. The second-order valence-electron chi connectivity index (χ2n) is 4.41. The molecular weight excluding hydrogens is 288 g/mol. The van der Waals surface area contributed by atoms with Gasteiger partial charge in [-0.25, -0.2) is 9.97 Å². The predicted molar refractivity (Wildman–Crippen MR) is 85.8 cm³/mol. The van der Waals surface area contributed by atoms with Gasteiger partial charge in [0.1, 0.15) is 11.6 Å². The number of nitrogens with two attached hydrogens (primary N) is 3. The van der Waals surface area contributed by atoms with E-state index < -0.39 is 0 Å². The van der Waals surface area contributed by atoms with Crippen molar-refractivity contribution in [1.82, 2.24) is 9.97 Å². The molecule has 110 valence electrons. The summed E-state index contributed by atoms with van der Waals surface area (Å²) in [5.41, 5.74) is 19.2. The van der Waals surface area contributed by atoms with Crippen molar-refractivity contribution in [2.24, 2.45) is 0 Å². The number of benzene rings is 1. The average molecular weight is 304 g/mol. The number of amides is 1. The van der Waals surface area contributed by atoms with Crippen molar-refractivity contribution in [3.05, 3.63) is 29.8 Å². The third-order valence-electron chi connectivity index (χ3n) is 2.64. The van der Waals surface area contributed by atoms with Crippen LogP contribution < -0.4 is 22.5 Å². The number of thioether (sulfide) groups is 1. The fourth-order valence-corrected chi connectivity index (χ4v) is 2.24. The van der Waals surface area contributed by atoms with Gasteiger partial charge in [-0.05, 0) is 24.6 Å². The van der Waals surface area contributed by atoms with Gasteiger partial charge < -0.3 is 22.5 Å². The highest BCUT2D eigenvalue weighted by molar-refractivity contribution is 7.99. The van der Waals surface area contributed by atoms with Crippen molar-refractivity contribution in [3.63, 3.8) is 0 Å². The van der Waals surface area contributed by atoms with Crippen LogP contribution in [0.3, 0.4) is 0 Å². The smallest absolute Gasteiger partial charge is 0.234 e. The van der Waals surface area contributed by atoms with Gasteiger partial charge in [-0.2, -0.15) is 0 Å². The summed E-state index contributed by atoms with van der Waals surface area (Å²) in [4.78, 5) is 19.8. The van der Waals surface area contributed by atoms with Gasteiger partial charge in [-0.3, -0.25) is 4.79 Å². The molecule has 1 aromatic carbocycles. The van der Waals surface area contributed by atoms with Crippen molar-refractivity contribution in [2.45, 2.75) is 12.1 Å². The minimum absolute atomic E-state index is 0.149. The van der Waals surface area contributed by atoms with Gasteiger partial charge >= 0.3 is 0 Å². The van der Waals surface area contributed by atoms with Crippen molar-refractivity contribution in [3.8, 4) is 0 Å². The maximum absolute atomic E-state index is 11.9. The fourth-order valence-electron chi connectivity index (χ4n) is 1.57. The van der Waals surface area contributed by atoms with Crippen LogP contribution in [-0.2, 0) is 4.79 Å². The normalized spacial score (nSPS) is 10.3. The molecule has 0 aliphatic carbocycles. The van der Waals surface area contributed by atoms with Crippen LogP contribution in [0.1, 0.15) is 5.56 Å². The minimum Gasteiger partial charge on any atom is -0.398 e. The van der Waals surface area contributed by atoms with Crippen LogP contribution in [0.4, 0.5) is 23.0 Å². The third kappa shape index (κ3) is 4.25. The van der Waals surface area contributed by atoms with Gasteiger partial charge in [0.05, 0.1) is 5.75 Å². The lowest BCUT2D eigenvalue weighted by Gasteiger charge is -2.07. The number of hydrogen-bond donors (Lipinski definition) is 4. The van der Waals surface area contributed by atoms with E-state index in [0.717, 1.165) is 17.3 Å². The highest BCUT2D eigenvalue weighted by Gasteiger charge is 2.07. The van der Waals surface area contributed by atoms with Crippen molar-refractivity contribution in [1.29, 1.82) is 0 Å². The molecule has 21 heavy (non-hydrogen) atoms. The number of rotatable bonds is 4. The Hall–Kier alpha value is -2.48. The summed E-state index contributed by atoms with van der Waals surface area (Å²) in [6.45, 7) is 1.90. The molecule has 0 aliphatic heterocycles. The number of anilines is 4. The SMILES string of the molecule is Cc1ccc(NC(=O)CSc2nc(N)cc(N)n2)cc1N. The van der Waals surface area contributed by atoms with Gasteiger partial charge in [-0.15, -0.1) is 0 Å². The Labute approximate surface area is 126 Å². The van der Waals surface area contributed by atoms with E-state index in [0.29, 0.717) is 16.5 Å². The molecule has 0 spiro atoms. The molecule has 2 aromatic rings. The summed E-state index contributed by atoms with van der Waals surface area (Å²) < 4.78 is 0. The first-order chi connectivity index (χ1) is 9.94. The Bertz CT molecular complexity index is 655. The number of carbonyl (C=O) groups excluding carboxylic acids is 1. The highest BCUT2D eigenvalue weighted by Crippen LogP contribution is 2.19. The summed E-state index contributed by atoms with van der Waals surface area (Å²) in [7, 11) is 0. The number of aromatic nitrogens is 2. The quantitative estimate of drug-likeness (QED) is 0.379. The Balaban J connectivity index is 1.94. The van der Waals surface area contributed by atoms with E-state index >= 15 is 0 Å². The van der Waals surface area contributed by atoms with Crippen LogP contribution in [0, 0.1) is 6.92 Å². The largest absolute Gasteiger partial charge is 0.398 e. The van der Waals surface area contributed by atoms with Crippen LogP contribution in [0.2, 0.25) is 0 Å². The van der Waals surface area contributed by atoms with E-state index in [9.17, 15) is 4.79 Å². The number of carbonyl (C=O) groups is 1. The van der Waals surface area contributed by atoms with Crippen LogP contribution in [0.5, 0.6) is 0 Å². The average Bonchev–Trinajstić information content (AvgIpc) is 2.40. The van der Waals surface area contributed by atoms with Gasteiger partial charge in [-0.1, -0.05) is 17.8 Å². The Morgan fingerprint density at radius 3 is 2.48 bits per heavy atom. The number of nitrogens with one attached hydrogen (secondary N) is 1. The van der Waals surface area contributed by atoms with Crippen LogP contribution in [-0.4, -0.2) is 21.6 Å². The van der Waals surface area contributed by atoms with Gasteiger partial charge in [0.2, 0.25) is 5.91 Å². The van der Waals surface area contributed by atoms with Crippen molar-refractivity contribution in [2.75, 3.05) is 28.3 Å². The molecule has 0 radical (unpaired) electrons. The molecule has 1 heterocycles. The second-order valence-corrected chi connectivity index (χ2v) is 5.35. The lowest BCUT2D eigenvalue weighted by Crippen LogP contribution is -2.14. The number of hydrogen-bond acceptors (Lipinski definition) is 7. The monoisotopic (exact) mass is 304 g/mol. The number of aryl methyl sites for hydroxylation is 1. The maximum atomic E-state index is 11.9. The Morgan fingerprint density at radius 2 is 1.86 bits per heavy atom. The Morgan fingerprint density at radius 1 is 1.19 bits per heavy atom. The minimum atomic E-state index is -0.187. The van der Waals surface area contributed by atoms with Crippen molar-refractivity contribution >= 4 is 40.7 Å². The third-order valence-corrected chi connectivity index (χ3v) is 3.49. The summed E-state index contributed by atoms with van der Waals surface area (Å²) in [5, 5.41) is 3.12. The van der Waals surface area contributed by atoms with Crippen molar-refractivity contribution < 1.29 is 4.79 Å². The van der Waals surface area contributed by atoms with Crippen LogP contribution >= 0.6 is 11.8 Å². The van der Waals surface area contributed by atoms with Crippen LogP contribution in [0.15, 0.2) is 29.4 Å². The van der Waals surface area contributed by atoms with E-state index in [2.05, 4.69) is 15.3 Å². The van der Waals surface area contributed by atoms with E-state index in [4.69, 9.17) is 17.2 Å². The van der Waals surface area contributed by atoms with Crippen LogP contribution in [0.25, 0.3) is 0 Å². The standard InChI is InChI=1S/C13H16N6OS/c1-7-2-3-8(4-9(7)14)17-12(20)6-21-13-18-10(15)5-11(16)19-13/h2-5H,6,14H2,1H3,(H,17,20)(H4,15,16,18,19). The molecule has 0 saturated heterocycles. The summed E-state index contributed by atoms with van der Waals surface area (Å²) in [6.07, 6.45) is 0. The second kappa shape index (κ2) is 6.31. The van der Waals surface area contributed by atoms with Gasteiger partial charge in [0.15, 0.2) is 5.16 Å². The predicted octanol–water partition coefficient (Wildman–Crippen LogP) is 1.26. The van der Waals surface area contributed by atoms with E-state index in [1.165, 1.54) is 6.07 Å². The summed E-state index contributed by atoms with van der Waals surface area (Å²) in [5.74, 6) is 0.512. The molecule has 0 atom stereocenters.